The Balaban J connectivity index is 1.52. The van der Waals surface area contributed by atoms with Gasteiger partial charge in [-0.1, -0.05) is 29.8 Å². The van der Waals surface area contributed by atoms with Crippen LogP contribution in [0.25, 0.3) is 11.1 Å². The molecule has 194 valence electrons. The number of benzene rings is 2. The molecule has 2 aromatic carbocycles. The van der Waals surface area contributed by atoms with Crippen LogP contribution >= 0.6 is 11.6 Å². The Bertz CT molecular complexity index is 1520. The van der Waals surface area contributed by atoms with Crippen molar-refractivity contribution in [1.82, 2.24) is 19.7 Å². The molecule has 0 bridgehead atoms. The molecule has 2 aromatic heterocycles. The minimum Gasteiger partial charge on any atom is -0.506 e. The van der Waals surface area contributed by atoms with Crippen molar-refractivity contribution in [3.05, 3.63) is 99.7 Å². The van der Waals surface area contributed by atoms with Gasteiger partial charge in [0.2, 0.25) is 0 Å². The number of aromatic nitrogens is 3. The molecule has 0 unspecified atom stereocenters. The van der Waals surface area contributed by atoms with Crippen molar-refractivity contribution in [2.75, 3.05) is 31.3 Å². The van der Waals surface area contributed by atoms with Gasteiger partial charge in [-0.3, -0.25) is 14.4 Å². The largest absolute Gasteiger partial charge is 0.506 e. The van der Waals surface area contributed by atoms with Gasteiger partial charge in [-0.05, 0) is 62.1 Å². The highest BCUT2D eigenvalue weighted by Crippen LogP contribution is 2.32. The molecule has 3 N–H and O–H groups in total. The van der Waals surface area contributed by atoms with E-state index in [1.807, 2.05) is 19.0 Å². The molecule has 0 saturated heterocycles. The van der Waals surface area contributed by atoms with Crippen LogP contribution in [-0.2, 0) is 6.54 Å². The summed E-state index contributed by atoms with van der Waals surface area (Å²) in [6.45, 7) is 1.12. The maximum atomic E-state index is 13.0. The number of aromatic hydroxyl groups is 1. The van der Waals surface area contributed by atoms with Crippen molar-refractivity contribution in [2.45, 2.75) is 6.54 Å². The highest BCUT2D eigenvalue weighted by Gasteiger charge is 2.17. The van der Waals surface area contributed by atoms with Crippen molar-refractivity contribution in [3.8, 4) is 16.9 Å². The number of phenols is 1. The van der Waals surface area contributed by atoms with Crippen LogP contribution in [0.5, 0.6) is 5.75 Å². The molecule has 0 spiro atoms. The van der Waals surface area contributed by atoms with Crippen LogP contribution in [0.15, 0.2) is 77.9 Å². The maximum absolute atomic E-state index is 13.0. The van der Waals surface area contributed by atoms with E-state index < -0.39 is 11.8 Å². The van der Waals surface area contributed by atoms with Crippen LogP contribution in [0.3, 0.4) is 0 Å². The van der Waals surface area contributed by atoms with Crippen LogP contribution in [0.2, 0.25) is 5.02 Å². The van der Waals surface area contributed by atoms with Crippen molar-refractivity contribution in [1.29, 1.82) is 0 Å². The number of nitrogens with one attached hydrogen (secondary N) is 2. The molecular formula is C27H25ClN6O4. The number of hydrogen-bond donors (Lipinski definition) is 3. The van der Waals surface area contributed by atoms with E-state index in [1.165, 1.54) is 41.2 Å². The average molecular weight is 533 g/mol. The molecular weight excluding hydrogens is 508 g/mol. The summed E-state index contributed by atoms with van der Waals surface area (Å²) >= 11 is 5.82. The summed E-state index contributed by atoms with van der Waals surface area (Å²) in [5, 5.41) is 20.2. The summed E-state index contributed by atoms with van der Waals surface area (Å²) in [6, 6.07) is 15.6. The Morgan fingerprint density at radius 2 is 1.76 bits per heavy atom. The van der Waals surface area contributed by atoms with Gasteiger partial charge in [0.1, 0.15) is 17.1 Å². The molecule has 0 radical (unpaired) electrons. The van der Waals surface area contributed by atoms with Crippen molar-refractivity contribution in [2.24, 2.45) is 0 Å². The summed E-state index contributed by atoms with van der Waals surface area (Å²) in [5.41, 5.74) is 1.49. The van der Waals surface area contributed by atoms with E-state index in [9.17, 15) is 19.5 Å². The quantitative estimate of drug-likeness (QED) is 0.295. The number of amides is 2. The maximum Gasteiger partial charge on any atom is 0.274 e. The average Bonchev–Trinajstić information content (AvgIpc) is 2.90. The molecule has 38 heavy (non-hydrogen) atoms. The van der Waals surface area contributed by atoms with Gasteiger partial charge in [0.25, 0.3) is 17.4 Å². The highest BCUT2D eigenvalue weighted by atomic mass is 35.5. The number of para-hydroxylation sites is 1. The minimum atomic E-state index is -0.541. The molecule has 2 heterocycles. The molecule has 4 aromatic rings. The van der Waals surface area contributed by atoms with Gasteiger partial charge < -0.3 is 20.6 Å². The molecule has 2 amide bonds. The topological polar surface area (TPSA) is 129 Å². The molecule has 0 aliphatic heterocycles. The van der Waals surface area contributed by atoms with Crippen LogP contribution < -0.4 is 16.2 Å². The smallest absolute Gasteiger partial charge is 0.274 e. The van der Waals surface area contributed by atoms with E-state index in [4.69, 9.17) is 11.6 Å². The number of pyridine rings is 1. The lowest BCUT2D eigenvalue weighted by Gasteiger charge is -2.14. The number of carbonyl (C=O) groups excluding carboxylic acids is 2. The molecule has 11 heteroatoms. The predicted molar refractivity (Wildman–Crippen MR) is 146 cm³/mol. The fourth-order valence-corrected chi connectivity index (χ4v) is 3.70. The van der Waals surface area contributed by atoms with Crippen molar-refractivity contribution < 1.29 is 14.7 Å². The third-order valence-corrected chi connectivity index (χ3v) is 5.84. The molecule has 0 saturated carbocycles. The predicted octanol–water partition coefficient (Wildman–Crippen LogP) is 3.73. The standard InChI is InChI=1S/C27H25ClN6O4/c1-33(2)14-15-34-27(38)20(12-13-30-34)17-6-8-18(9-7-17)25(36)32-24-21(4-3-5-23(24)35)31-26(37)22-11-10-19(28)16-29-22/h3-13,16,35H,14-15H2,1-2H3,(H,31,37)(H,32,36). The summed E-state index contributed by atoms with van der Waals surface area (Å²) < 4.78 is 1.41. The lowest BCUT2D eigenvalue weighted by molar-refractivity contribution is 0.101. The van der Waals surface area contributed by atoms with E-state index in [-0.39, 0.29) is 33.9 Å². The first-order valence-electron chi connectivity index (χ1n) is 11.6. The number of anilines is 2. The van der Waals surface area contributed by atoms with Crippen LogP contribution in [-0.4, -0.2) is 57.2 Å². The Hall–Kier alpha value is -4.54. The third kappa shape index (κ3) is 6.23. The lowest BCUT2D eigenvalue weighted by atomic mass is 10.1. The first kappa shape index (κ1) is 26.5. The van der Waals surface area contributed by atoms with Crippen molar-refractivity contribution in [3.63, 3.8) is 0 Å². The van der Waals surface area contributed by atoms with E-state index in [0.717, 1.165) is 0 Å². The number of phenolic OH excluding ortho intramolecular Hbond substituents is 1. The number of hydrogen-bond acceptors (Lipinski definition) is 7. The zero-order valence-electron chi connectivity index (χ0n) is 20.7. The number of rotatable bonds is 8. The third-order valence-electron chi connectivity index (χ3n) is 5.62. The van der Waals surface area contributed by atoms with Gasteiger partial charge >= 0.3 is 0 Å². The van der Waals surface area contributed by atoms with E-state index in [1.54, 1.807) is 36.5 Å². The molecule has 10 nitrogen and oxygen atoms in total. The molecule has 0 aliphatic carbocycles. The molecule has 4 rings (SSSR count). The first-order valence-corrected chi connectivity index (χ1v) is 12.0. The van der Waals surface area contributed by atoms with Crippen LogP contribution in [0.1, 0.15) is 20.8 Å². The van der Waals surface area contributed by atoms with Gasteiger partial charge in [-0.15, -0.1) is 0 Å². The van der Waals surface area contributed by atoms with Gasteiger partial charge in [0, 0.05) is 24.5 Å². The summed E-state index contributed by atoms with van der Waals surface area (Å²) in [7, 11) is 3.84. The number of carbonyl (C=O) groups is 2. The normalized spacial score (nSPS) is 10.8. The molecule has 0 aliphatic rings. The monoisotopic (exact) mass is 532 g/mol. The second-order valence-electron chi connectivity index (χ2n) is 8.62. The Morgan fingerprint density at radius 1 is 1.00 bits per heavy atom. The second kappa shape index (κ2) is 11.7. The fraction of sp³-hybridized carbons (Fsp3) is 0.148. The number of likely N-dealkylation sites (N-methyl/N-ethyl adjacent to an activating group) is 1. The number of nitrogens with zero attached hydrogens (tertiary/aromatic N) is 4. The van der Waals surface area contributed by atoms with Crippen LogP contribution in [0.4, 0.5) is 11.4 Å². The Labute approximate surface area is 223 Å². The van der Waals surface area contributed by atoms with E-state index in [0.29, 0.717) is 29.2 Å². The first-order chi connectivity index (χ1) is 18.2. The minimum absolute atomic E-state index is 0.0294. The van der Waals surface area contributed by atoms with Crippen molar-refractivity contribution >= 4 is 34.8 Å². The molecule has 0 atom stereocenters. The zero-order valence-corrected chi connectivity index (χ0v) is 21.4. The van der Waals surface area contributed by atoms with Gasteiger partial charge in [-0.25, -0.2) is 9.67 Å². The van der Waals surface area contributed by atoms with E-state index >= 15 is 0 Å². The second-order valence-corrected chi connectivity index (χ2v) is 9.06. The summed E-state index contributed by atoms with van der Waals surface area (Å²) in [6.07, 6.45) is 2.91. The SMILES string of the molecule is CN(C)CCn1nccc(-c2ccc(C(=O)Nc3c(O)cccc3NC(=O)c3ccc(Cl)cn3)cc2)c1=O. The highest BCUT2D eigenvalue weighted by molar-refractivity contribution is 6.30. The Kier molecular flexibility index (Phi) is 8.15. The lowest BCUT2D eigenvalue weighted by Crippen LogP contribution is -2.29. The van der Waals surface area contributed by atoms with Gasteiger partial charge in [-0.2, -0.15) is 5.10 Å². The van der Waals surface area contributed by atoms with Gasteiger partial charge in [0.15, 0.2) is 0 Å². The Morgan fingerprint density at radius 3 is 2.45 bits per heavy atom. The van der Waals surface area contributed by atoms with Gasteiger partial charge in [0.05, 0.1) is 22.8 Å². The fourth-order valence-electron chi connectivity index (χ4n) is 3.58. The number of halogens is 1. The summed E-state index contributed by atoms with van der Waals surface area (Å²) in [5.74, 6) is -1.29. The zero-order chi connectivity index (χ0) is 27.2. The van der Waals surface area contributed by atoms with E-state index in [2.05, 4.69) is 20.7 Å². The summed E-state index contributed by atoms with van der Waals surface area (Å²) in [4.78, 5) is 44.4. The molecule has 0 fully saturated rings. The van der Waals surface area contributed by atoms with Crippen LogP contribution in [0, 0.1) is 0 Å².